The lowest BCUT2D eigenvalue weighted by Crippen LogP contribution is -2.37. The van der Waals surface area contributed by atoms with Crippen LogP contribution in [0.25, 0.3) is 0 Å². The zero-order chi connectivity index (χ0) is 15.9. The van der Waals surface area contributed by atoms with Crippen molar-refractivity contribution >= 4 is 27.8 Å². The predicted molar refractivity (Wildman–Crippen MR) is 86.6 cm³/mol. The van der Waals surface area contributed by atoms with Crippen LogP contribution in [0.15, 0.2) is 22.7 Å². The Morgan fingerprint density at radius 1 is 1.45 bits per heavy atom. The van der Waals surface area contributed by atoms with Crippen molar-refractivity contribution < 1.29 is 14.7 Å². The number of nitrogens with zero attached hydrogens (tertiary/aromatic N) is 1. The molecule has 2 atom stereocenters. The maximum Gasteiger partial charge on any atom is 0.311 e. The van der Waals surface area contributed by atoms with Crippen LogP contribution in [0.5, 0.6) is 0 Å². The van der Waals surface area contributed by atoms with E-state index in [9.17, 15) is 14.7 Å². The van der Waals surface area contributed by atoms with Gasteiger partial charge in [0.05, 0.1) is 11.8 Å². The monoisotopic (exact) mass is 365 g/mol. The summed E-state index contributed by atoms with van der Waals surface area (Å²) in [6.45, 7) is 2.97. The second-order valence-corrected chi connectivity index (χ2v) is 7.49. The lowest BCUT2D eigenvalue weighted by atomic mass is 9.81. The maximum absolute atomic E-state index is 12.6. The molecular formula is C17H20BrNO3. The molecule has 0 aromatic heterocycles. The largest absolute Gasteiger partial charge is 0.481 e. The van der Waals surface area contributed by atoms with Crippen molar-refractivity contribution in [2.45, 2.75) is 32.6 Å². The molecule has 2 fully saturated rings. The number of rotatable bonds is 3. The van der Waals surface area contributed by atoms with E-state index in [-0.39, 0.29) is 11.8 Å². The van der Waals surface area contributed by atoms with Crippen molar-refractivity contribution in [2.24, 2.45) is 11.3 Å². The van der Waals surface area contributed by atoms with Gasteiger partial charge in [0, 0.05) is 17.6 Å². The van der Waals surface area contributed by atoms with E-state index < -0.39 is 11.4 Å². The molecule has 0 unspecified atom stereocenters. The Labute approximate surface area is 138 Å². The van der Waals surface area contributed by atoms with Gasteiger partial charge in [-0.3, -0.25) is 9.59 Å². The van der Waals surface area contributed by atoms with E-state index in [2.05, 4.69) is 15.9 Å². The molecule has 0 bridgehead atoms. The number of carbonyl (C=O) groups excluding carboxylic acids is 1. The molecule has 1 amide bonds. The summed E-state index contributed by atoms with van der Waals surface area (Å²) in [7, 11) is 0. The topological polar surface area (TPSA) is 57.6 Å². The number of aryl methyl sites for hydroxylation is 1. The fourth-order valence-electron chi connectivity index (χ4n) is 3.96. The molecule has 1 aliphatic heterocycles. The lowest BCUT2D eigenvalue weighted by Gasteiger charge is -2.23. The highest BCUT2D eigenvalue weighted by Gasteiger charge is 2.55. The summed E-state index contributed by atoms with van der Waals surface area (Å²) >= 11 is 3.42. The minimum Gasteiger partial charge on any atom is -0.481 e. The molecule has 5 heteroatoms. The first kappa shape index (κ1) is 15.5. The number of aliphatic carboxylic acids is 1. The number of fused-ring (bicyclic) bond motifs is 1. The molecule has 2 aliphatic rings. The highest BCUT2D eigenvalue weighted by molar-refractivity contribution is 9.10. The SMILES string of the molecule is Cc1cc(Br)ccc1CC(=O)N1C[C@@H]2CCC[C@@]2(C(=O)O)C1. The van der Waals surface area contributed by atoms with E-state index in [0.29, 0.717) is 25.9 Å². The quantitative estimate of drug-likeness (QED) is 0.895. The van der Waals surface area contributed by atoms with Crippen LogP contribution in [0, 0.1) is 18.3 Å². The molecule has 1 saturated carbocycles. The Balaban J connectivity index is 1.73. The number of hydrogen-bond acceptors (Lipinski definition) is 2. The summed E-state index contributed by atoms with van der Waals surface area (Å²) in [5, 5.41) is 9.59. The Kier molecular flexibility index (Phi) is 4.02. The van der Waals surface area contributed by atoms with Crippen LogP contribution < -0.4 is 0 Å². The van der Waals surface area contributed by atoms with Gasteiger partial charge < -0.3 is 10.0 Å². The molecule has 1 aromatic carbocycles. The fraction of sp³-hybridized carbons (Fsp3) is 0.529. The average Bonchev–Trinajstić information content (AvgIpc) is 2.99. The predicted octanol–water partition coefficient (Wildman–Crippen LogP) is 3.01. The number of carbonyl (C=O) groups is 2. The Bertz CT molecular complexity index is 630. The molecule has 1 aliphatic carbocycles. The van der Waals surface area contributed by atoms with Crippen LogP contribution >= 0.6 is 15.9 Å². The van der Waals surface area contributed by atoms with Gasteiger partial charge in [-0.25, -0.2) is 0 Å². The minimum atomic E-state index is -0.731. The number of carboxylic acid groups (broad SMARTS) is 1. The van der Waals surface area contributed by atoms with Crippen LogP contribution in [-0.4, -0.2) is 35.0 Å². The number of amides is 1. The van der Waals surface area contributed by atoms with Gasteiger partial charge in [0.25, 0.3) is 0 Å². The highest BCUT2D eigenvalue weighted by Crippen LogP contribution is 2.48. The molecule has 1 heterocycles. The van der Waals surface area contributed by atoms with Gasteiger partial charge >= 0.3 is 5.97 Å². The van der Waals surface area contributed by atoms with Crippen molar-refractivity contribution in [2.75, 3.05) is 13.1 Å². The first-order chi connectivity index (χ1) is 10.4. The molecule has 118 valence electrons. The molecule has 1 aromatic rings. The van der Waals surface area contributed by atoms with Crippen molar-refractivity contribution in [3.8, 4) is 0 Å². The zero-order valence-electron chi connectivity index (χ0n) is 12.6. The number of carboxylic acids is 1. The number of halogens is 1. The molecule has 1 N–H and O–H groups in total. The third kappa shape index (κ3) is 2.56. The zero-order valence-corrected chi connectivity index (χ0v) is 14.2. The van der Waals surface area contributed by atoms with Gasteiger partial charge in [-0.1, -0.05) is 28.4 Å². The summed E-state index contributed by atoms with van der Waals surface area (Å²) in [5.41, 5.74) is 1.40. The first-order valence-electron chi connectivity index (χ1n) is 7.68. The van der Waals surface area contributed by atoms with Crippen molar-refractivity contribution in [3.05, 3.63) is 33.8 Å². The standard InChI is InChI=1S/C17H20BrNO3/c1-11-7-14(18)5-4-12(11)8-15(20)19-9-13-3-2-6-17(13,10-19)16(21)22/h4-5,7,13H,2-3,6,8-10H2,1H3,(H,21,22)/t13-,17+/m0/s1. The van der Waals surface area contributed by atoms with Gasteiger partial charge in [-0.15, -0.1) is 0 Å². The normalized spacial score (nSPS) is 27.0. The van der Waals surface area contributed by atoms with Gasteiger partial charge in [-0.2, -0.15) is 0 Å². The van der Waals surface area contributed by atoms with Crippen LogP contribution in [0.4, 0.5) is 0 Å². The molecule has 1 saturated heterocycles. The third-order valence-corrected chi connectivity index (χ3v) is 5.79. The van der Waals surface area contributed by atoms with Crippen LogP contribution in [0.3, 0.4) is 0 Å². The van der Waals surface area contributed by atoms with Crippen molar-refractivity contribution in [1.29, 1.82) is 0 Å². The smallest absolute Gasteiger partial charge is 0.311 e. The fourth-order valence-corrected chi connectivity index (χ4v) is 4.44. The van der Waals surface area contributed by atoms with E-state index in [1.54, 1.807) is 4.90 Å². The number of hydrogen-bond donors (Lipinski definition) is 1. The lowest BCUT2D eigenvalue weighted by molar-refractivity contribution is -0.149. The molecule has 0 radical (unpaired) electrons. The maximum atomic E-state index is 12.6. The highest BCUT2D eigenvalue weighted by atomic mass is 79.9. The summed E-state index contributed by atoms with van der Waals surface area (Å²) < 4.78 is 1.00. The van der Waals surface area contributed by atoms with Crippen molar-refractivity contribution in [1.82, 2.24) is 4.90 Å². The van der Waals surface area contributed by atoms with E-state index in [4.69, 9.17) is 0 Å². The van der Waals surface area contributed by atoms with E-state index in [1.807, 2.05) is 25.1 Å². The Hall–Kier alpha value is -1.36. The first-order valence-corrected chi connectivity index (χ1v) is 8.48. The van der Waals surface area contributed by atoms with Gasteiger partial charge in [0.15, 0.2) is 0 Å². The Morgan fingerprint density at radius 3 is 2.86 bits per heavy atom. The van der Waals surface area contributed by atoms with Crippen molar-refractivity contribution in [3.63, 3.8) is 0 Å². The Morgan fingerprint density at radius 2 is 2.23 bits per heavy atom. The summed E-state index contributed by atoms with van der Waals surface area (Å²) in [4.78, 5) is 26.0. The summed E-state index contributed by atoms with van der Waals surface area (Å²) in [5.74, 6) is -0.564. The second kappa shape index (κ2) is 5.69. The van der Waals surface area contributed by atoms with Crippen LogP contribution in [0.1, 0.15) is 30.4 Å². The molecule has 22 heavy (non-hydrogen) atoms. The van der Waals surface area contributed by atoms with E-state index in [1.165, 1.54) is 0 Å². The van der Waals surface area contributed by atoms with Crippen LogP contribution in [-0.2, 0) is 16.0 Å². The molecule has 3 rings (SSSR count). The van der Waals surface area contributed by atoms with Gasteiger partial charge in [0.2, 0.25) is 5.91 Å². The van der Waals surface area contributed by atoms with Crippen LogP contribution in [0.2, 0.25) is 0 Å². The summed E-state index contributed by atoms with van der Waals surface area (Å²) in [6.07, 6.45) is 2.94. The number of benzene rings is 1. The average molecular weight is 366 g/mol. The molecule has 0 spiro atoms. The second-order valence-electron chi connectivity index (χ2n) is 6.57. The van der Waals surface area contributed by atoms with Gasteiger partial charge in [0.1, 0.15) is 0 Å². The minimum absolute atomic E-state index is 0.0421. The molecule has 4 nitrogen and oxygen atoms in total. The third-order valence-electron chi connectivity index (χ3n) is 5.30. The van der Waals surface area contributed by atoms with E-state index in [0.717, 1.165) is 28.4 Å². The molecular weight excluding hydrogens is 346 g/mol. The summed E-state index contributed by atoms with van der Waals surface area (Å²) in [6, 6.07) is 5.90. The van der Waals surface area contributed by atoms with E-state index >= 15 is 0 Å². The van der Waals surface area contributed by atoms with Gasteiger partial charge in [-0.05, 0) is 48.9 Å². The number of likely N-dealkylation sites (tertiary alicyclic amines) is 1.